The number of nitrogens with one attached hydrogen (secondary N) is 1. The smallest absolute Gasteiger partial charge is 0.343 e. The van der Waals surface area contributed by atoms with E-state index in [1.807, 2.05) is 12.1 Å². The molecule has 2 amide bonds. The van der Waals surface area contributed by atoms with Gasteiger partial charge in [0.05, 0.1) is 11.3 Å². The monoisotopic (exact) mass is 508 g/mol. The second-order valence-corrected chi connectivity index (χ2v) is 8.76. The van der Waals surface area contributed by atoms with Gasteiger partial charge in [0.15, 0.2) is 0 Å². The van der Waals surface area contributed by atoms with E-state index in [2.05, 4.69) is 12.2 Å². The van der Waals surface area contributed by atoms with Gasteiger partial charge in [-0.05, 0) is 79.1 Å². The molecule has 3 aromatic carbocycles. The summed E-state index contributed by atoms with van der Waals surface area (Å²) in [4.78, 5) is 39.1. The van der Waals surface area contributed by atoms with Gasteiger partial charge in [-0.15, -0.1) is 0 Å². The number of amides is 2. The molecular formula is C27H22Cl2N2O4. The van der Waals surface area contributed by atoms with Crippen LogP contribution in [0.5, 0.6) is 5.75 Å². The lowest BCUT2D eigenvalue weighted by Gasteiger charge is -2.15. The summed E-state index contributed by atoms with van der Waals surface area (Å²) in [5, 5.41) is 3.24. The van der Waals surface area contributed by atoms with Crippen molar-refractivity contribution in [2.24, 2.45) is 0 Å². The molecule has 0 spiro atoms. The van der Waals surface area contributed by atoms with Gasteiger partial charge in [0.2, 0.25) is 0 Å². The number of anilines is 2. The van der Waals surface area contributed by atoms with Crippen LogP contribution in [0.25, 0.3) is 0 Å². The summed E-state index contributed by atoms with van der Waals surface area (Å²) in [5.41, 5.74) is 2.36. The number of rotatable bonds is 8. The van der Waals surface area contributed by atoms with Crippen molar-refractivity contribution in [2.75, 3.05) is 10.2 Å². The van der Waals surface area contributed by atoms with Crippen molar-refractivity contribution in [1.82, 2.24) is 0 Å². The molecule has 1 N–H and O–H groups in total. The van der Waals surface area contributed by atoms with Crippen molar-refractivity contribution in [3.63, 3.8) is 0 Å². The summed E-state index contributed by atoms with van der Waals surface area (Å²) in [6.07, 6.45) is 3.09. The standard InChI is InChI=1S/C27H22Cl2N2O4/c1-2-3-4-17-5-13-21(14-6-17)31-25(32)23(29)24(26(31)33)30-20-11-7-18(8-12-20)27(34)35-22-15-9-19(28)10-16-22/h5-16,30H,2-4H2,1H3. The Morgan fingerprint density at radius 3 is 2.17 bits per heavy atom. The van der Waals surface area contributed by atoms with E-state index in [1.54, 1.807) is 60.7 Å². The second kappa shape index (κ2) is 10.8. The first kappa shape index (κ1) is 24.5. The largest absolute Gasteiger partial charge is 0.423 e. The number of hydrogen-bond acceptors (Lipinski definition) is 5. The summed E-state index contributed by atoms with van der Waals surface area (Å²) in [7, 11) is 0. The molecule has 35 heavy (non-hydrogen) atoms. The van der Waals surface area contributed by atoms with Crippen LogP contribution in [0.1, 0.15) is 35.7 Å². The SMILES string of the molecule is CCCCc1ccc(N2C(=O)C(Cl)=C(Nc3ccc(C(=O)Oc4ccc(Cl)cc4)cc3)C2=O)cc1. The summed E-state index contributed by atoms with van der Waals surface area (Å²) >= 11 is 12.1. The minimum atomic E-state index is -0.594. The van der Waals surface area contributed by atoms with E-state index in [0.717, 1.165) is 29.7 Å². The average molecular weight is 509 g/mol. The first-order valence-electron chi connectivity index (χ1n) is 11.1. The minimum Gasteiger partial charge on any atom is -0.423 e. The Labute approximate surface area is 213 Å². The van der Waals surface area contributed by atoms with Crippen LogP contribution in [-0.2, 0) is 16.0 Å². The van der Waals surface area contributed by atoms with E-state index in [4.69, 9.17) is 27.9 Å². The average Bonchev–Trinajstić information content (AvgIpc) is 3.08. The van der Waals surface area contributed by atoms with E-state index in [0.29, 0.717) is 27.7 Å². The number of carbonyl (C=O) groups is 3. The van der Waals surface area contributed by atoms with E-state index in [1.165, 1.54) is 0 Å². The third-order valence-corrected chi connectivity index (χ3v) is 6.06. The lowest BCUT2D eigenvalue weighted by atomic mass is 10.1. The van der Waals surface area contributed by atoms with E-state index in [9.17, 15) is 14.4 Å². The quantitative estimate of drug-likeness (QED) is 0.218. The molecule has 0 bridgehead atoms. The third kappa shape index (κ3) is 5.56. The van der Waals surface area contributed by atoms with Gasteiger partial charge in [-0.2, -0.15) is 0 Å². The van der Waals surface area contributed by atoms with Gasteiger partial charge in [-0.3, -0.25) is 9.59 Å². The third-order valence-electron chi connectivity index (χ3n) is 5.45. The zero-order chi connectivity index (χ0) is 24.9. The molecule has 178 valence electrons. The highest BCUT2D eigenvalue weighted by atomic mass is 35.5. The summed E-state index contributed by atoms with van der Waals surface area (Å²) in [5.74, 6) is -1.32. The Kier molecular flexibility index (Phi) is 7.54. The number of unbranched alkanes of at least 4 members (excludes halogenated alkanes) is 1. The van der Waals surface area contributed by atoms with Crippen molar-refractivity contribution >= 4 is 52.4 Å². The fourth-order valence-corrected chi connectivity index (χ4v) is 3.88. The van der Waals surface area contributed by atoms with Crippen LogP contribution in [0.2, 0.25) is 5.02 Å². The predicted octanol–water partition coefficient (Wildman–Crippen LogP) is 6.34. The Morgan fingerprint density at radius 2 is 1.54 bits per heavy atom. The summed E-state index contributed by atoms with van der Waals surface area (Å²) < 4.78 is 5.32. The first-order valence-corrected chi connectivity index (χ1v) is 11.9. The normalized spacial score (nSPS) is 13.4. The molecule has 0 unspecified atom stereocenters. The zero-order valence-electron chi connectivity index (χ0n) is 18.9. The van der Waals surface area contributed by atoms with Gasteiger partial charge >= 0.3 is 5.97 Å². The van der Waals surface area contributed by atoms with E-state index in [-0.39, 0.29) is 10.7 Å². The molecule has 0 radical (unpaired) electrons. The number of aryl methyl sites for hydroxylation is 1. The molecule has 8 heteroatoms. The van der Waals surface area contributed by atoms with Crippen molar-refractivity contribution in [2.45, 2.75) is 26.2 Å². The van der Waals surface area contributed by atoms with Crippen molar-refractivity contribution in [3.8, 4) is 5.75 Å². The molecule has 0 aromatic heterocycles. The number of benzene rings is 3. The molecule has 6 nitrogen and oxygen atoms in total. The van der Waals surface area contributed by atoms with Gasteiger partial charge in [-0.25, -0.2) is 9.69 Å². The molecule has 0 atom stereocenters. The van der Waals surface area contributed by atoms with E-state index >= 15 is 0 Å². The van der Waals surface area contributed by atoms with Gasteiger partial charge in [-0.1, -0.05) is 48.7 Å². The second-order valence-electron chi connectivity index (χ2n) is 7.95. The molecule has 1 aliphatic rings. The van der Waals surface area contributed by atoms with Crippen LogP contribution in [0.3, 0.4) is 0 Å². The Balaban J connectivity index is 1.44. The number of esters is 1. The number of ether oxygens (including phenoxy) is 1. The van der Waals surface area contributed by atoms with Crippen LogP contribution in [0, 0.1) is 0 Å². The van der Waals surface area contributed by atoms with Crippen molar-refractivity contribution in [3.05, 3.63) is 99.7 Å². The van der Waals surface area contributed by atoms with Gasteiger partial charge < -0.3 is 10.1 Å². The fraction of sp³-hybridized carbons (Fsp3) is 0.148. The Hall–Kier alpha value is -3.61. The lowest BCUT2D eigenvalue weighted by Crippen LogP contribution is -2.32. The number of imide groups is 1. The van der Waals surface area contributed by atoms with Crippen molar-refractivity contribution < 1.29 is 19.1 Å². The Morgan fingerprint density at radius 1 is 0.886 bits per heavy atom. The fourth-order valence-electron chi connectivity index (χ4n) is 3.54. The van der Waals surface area contributed by atoms with Crippen LogP contribution in [0.4, 0.5) is 11.4 Å². The van der Waals surface area contributed by atoms with Crippen LogP contribution < -0.4 is 15.0 Å². The maximum atomic E-state index is 13.0. The highest BCUT2D eigenvalue weighted by Crippen LogP contribution is 2.30. The molecule has 0 aliphatic carbocycles. The van der Waals surface area contributed by atoms with Crippen LogP contribution in [-0.4, -0.2) is 17.8 Å². The van der Waals surface area contributed by atoms with Gasteiger partial charge in [0, 0.05) is 10.7 Å². The summed E-state index contributed by atoms with van der Waals surface area (Å²) in [6, 6.07) is 20.0. The van der Waals surface area contributed by atoms with Crippen LogP contribution in [0.15, 0.2) is 83.5 Å². The minimum absolute atomic E-state index is 0.0248. The zero-order valence-corrected chi connectivity index (χ0v) is 20.4. The topological polar surface area (TPSA) is 75.7 Å². The lowest BCUT2D eigenvalue weighted by molar-refractivity contribution is -0.120. The maximum Gasteiger partial charge on any atom is 0.343 e. The molecule has 4 rings (SSSR count). The maximum absolute atomic E-state index is 13.0. The molecule has 1 aliphatic heterocycles. The number of nitrogens with zero attached hydrogens (tertiary/aromatic N) is 1. The molecule has 0 fully saturated rings. The van der Waals surface area contributed by atoms with Crippen LogP contribution >= 0.6 is 23.2 Å². The highest BCUT2D eigenvalue weighted by molar-refractivity contribution is 6.53. The van der Waals surface area contributed by atoms with Gasteiger partial charge in [0.1, 0.15) is 16.5 Å². The predicted molar refractivity (Wildman–Crippen MR) is 137 cm³/mol. The highest BCUT2D eigenvalue weighted by Gasteiger charge is 2.38. The first-order chi connectivity index (χ1) is 16.9. The van der Waals surface area contributed by atoms with Crippen molar-refractivity contribution in [1.29, 1.82) is 0 Å². The molecule has 0 saturated carbocycles. The molecule has 0 saturated heterocycles. The molecular weight excluding hydrogens is 487 g/mol. The number of halogens is 2. The van der Waals surface area contributed by atoms with E-state index < -0.39 is 17.8 Å². The molecule has 3 aromatic rings. The Bertz CT molecular complexity index is 1280. The number of hydrogen-bond donors (Lipinski definition) is 1. The molecule has 1 heterocycles. The number of carbonyl (C=O) groups excluding carboxylic acids is 3. The van der Waals surface area contributed by atoms with Gasteiger partial charge in [0.25, 0.3) is 11.8 Å². The summed E-state index contributed by atoms with van der Waals surface area (Å²) in [6.45, 7) is 2.12.